The number of carbonyl (C=O) groups is 1. The molecule has 8 nitrogen and oxygen atoms in total. The number of hydrogen-bond donors (Lipinski definition) is 2. The van der Waals surface area contributed by atoms with Gasteiger partial charge >= 0.3 is 0 Å². The number of thioether (sulfide) groups is 1. The van der Waals surface area contributed by atoms with Crippen LogP contribution in [0.4, 0.5) is 5.69 Å². The number of rotatable bonds is 7. The summed E-state index contributed by atoms with van der Waals surface area (Å²) in [6.07, 6.45) is 1.07. The highest BCUT2D eigenvalue weighted by atomic mass is 35.5. The second-order valence-electron chi connectivity index (χ2n) is 5.20. The number of H-pyrrole nitrogens is 1. The van der Waals surface area contributed by atoms with E-state index in [1.54, 1.807) is 6.07 Å². The van der Waals surface area contributed by atoms with Gasteiger partial charge in [0.2, 0.25) is 15.2 Å². The number of carbonyl (C=O) groups excluding carboxylic acids is 1. The van der Waals surface area contributed by atoms with Crippen LogP contribution >= 0.6 is 23.4 Å². The molecule has 2 rings (SSSR count). The van der Waals surface area contributed by atoms with Crippen molar-refractivity contribution in [3.63, 3.8) is 0 Å². The lowest BCUT2D eigenvalue weighted by Crippen LogP contribution is -2.27. The normalized spacial score (nSPS) is 11.4. The van der Waals surface area contributed by atoms with Crippen molar-refractivity contribution < 1.29 is 13.2 Å². The molecule has 0 atom stereocenters. The summed E-state index contributed by atoms with van der Waals surface area (Å²) in [6, 6.07) is 4.49. The van der Waals surface area contributed by atoms with E-state index in [1.807, 2.05) is 6.92 Å². The second-order valence-corrected chi connectivity index (χ2v) is 8.69. The summed E-state index contributed by atoms with van der Waals surface area (Å²) in [4.78, 5) is 16.4. The Labute approximate surface area is 155 Å². The second kappa shape index (κ2) is 8.07. The topological polar surface area (TPSA) is 108 Å². The minimum Gasteiger partial charge on any atom is -0.351 e. The van der Waals surface area contributed by atoms with Gasteiger partial charge in [0.25, 0.3) is 5.91 Å². The third kappa shape index (κ3) is 5.35. The maximum atomic E-state index is 12.2. The number of sulfonamides is 1. The minimum atomic E-state index is -3.47. The number of aromatic nitrogens is 3. The average molecular weight is 404 g/mol. The van der Waals surface area contributed by atoms with E-state index in [2.05, 4.69) is 20.5 Å². The maximum Gasteiger partial charge on any atom is 0.251 e. The van der Waals surface area contributed by atoms with Gasteiger partial charge in [-0.05, 0) is 25.1 Å². The van der Waals surface area contributed by atoms with Gasteiger partial charge in [-0.25, -0.2) is 13.4 Å². The fraction of sp³-hybridized carbons (Fsp3) is 0.357. The van der Waals surface area contributed by atoms with E-state index in [0.717, 1.165) is 16.4 Å². The van der Waals surface area contributed by atoms with Crippen molar-refractivity contribution in [2.75, 3.05) is 29.9 Å². The van der Waals surface area contributed by atoms with Crippen LogP contribution in [0.5, 0.6) is 0 Å². The lowest BCUT2D eigenvalue weighted by Gasteiger charge is -2.18. The van der Waals surface area contributed by atoms with Crippen LogP contribution in [0, 0.1) is 6.92 Å². The van der Waals surface area contributed by atoms with Gasteiger partial charge in [0.05, 0.1) is 17.0 Å². The number of halogens is 1. The van der Waals surface area contributed by atoms with Crippen molar-refractivity contribution in [1.82, 2.24) is 20.5 Å². The molecule has 1 aromatic carbocycles. The summed E-state index contributed by atoms with van der Waals surface area (Å²) in [5.74, 6) is 1.02. The van der Waals surface area contributed by atoms with E-state index in [9.17, 15) is 13.2 Å². The molecule has 0 unspecified atom stereocenters. The molecule has 0 aliphatic rings. The zero-order valence-corrected chi connectivity index (χ0v) is 16.3. The lowest BCUT2D eigenvalue weighted by atomic mass is 10.2. The molecule has 0 fully saturated rings. The van der Waals surface area contributed by atoms with Crippen molar-refractivity contribution in [2.45, 2.75) is 12.1 Å². The minimum absolute atomic E-state index is 0.250. The van der Waals surface area contributed by atoms with E-state index in [1.165, 1.54) is 30.9 Å². The molecule has 0 bridgehead atoms. The first-order chi connectivity index (χ1) is 11.7. The van der Waals surface area contributed by atoms with Crippen molar-refractivity contribution in [1.29, 1.82) is 0 Å². The van der Waals surface area contributed by atoms with Crippen LogP contribution in [0.1, 0.15) is 16.2 Å². The summed E-state index contributed by atoms with van der Waals surface area (Å²) in [5.41, 5.74) is 0.580. The number of benzene rings is 1. The monoisotopic (exact) mass is 403 g/mol. The molecule has 0 aliphatic heterocycles. The Morgan fingerprint density at radius 1 is 1.44 bits per heavy atom. The molecular weight excluding hydrogens is 386 g/mol. The molecule has 0 saturated heterocycles. The number of aromatic amines is 1. The molecular formula is C14H18ClN5O3S2. The summed E-state index contributed by atoms with van der Waals surface area (Å²) in [6.45, 7) is 2.22. The van der Waals surface area contributed by atoms with Crippen LogP contribution in [-0.2, 0) is 10.0 Å². The largest absolute Gasteiger partial charge is 0.351 e. The molecule has 2 N–H and O–H groups in total. The molecule has 1 amide bonds. The molecule has 136 valence electrons. The van der Waals surface area contributed by atoms with Crippen LogP contribution in [0.2, 0.25) is 5.02 Å². The molecule has 0 radical (unpaired) electrons. The van der Waals surface area contributed by atoms with Crippen LogP contribution < -0.4 is 9.62 Å². The average Bonchev–Trinajstić information content (AvgIpc) is 2.95. The van der Waals surface area contributed by atoms with Gasteiger partial charge in [-0.1, -0.05) is 23.4 Å². The molecule has 25 heavy (non-hydrogen) atoms. The maximum absolute atomic E-state index is 12.2. The van der Waals surface area contributed by atoms with E-state index in [-0.39, 0.29) is 16.6 Å². The van der Waals surface area contributed by atoms with Gasteiger partial charge in [0, 0.05) is 24.9 Å². The number of anilines is 1. The van der Waals surface area contributed by atoms with Crippen LogP contribution in [0.25, 0.3) is 0 Å². The summed E-state index contributed by atoms with van der Waals surface area (Å²) in [7, 11) is -2.09. The smallest absolute Gasteiger partial charge is 0.251 e. The summed E-state index contributed by atoms with van der Waals surface area (Å²) >= 11 is 7.46. The lowest BCUT2D eigenvalue weighted by molar-refractivity contribution is 0.0956. The third-order valence-corrected chi connectivity index (χ3v) is 5.60. The van der Waals surface area contributed by atoms with Crippen LogP contribution in [-0.4, -0.2) is 55.1 Å². The molecule has 1 aromatic heterocycles. The van der Waals surface area contributed by atoms with Crippen molar-refractivity contribution in [2.24, 2.45) is 0 Å². The molecule has 1 heterocycles. The fourth-order valence-corrected chi connectivity index (χ4v) is 3.37. The van der Waals surface area contributed by atoms with Crippen LogP contribution in [0.3, 0.4) is 0 Å². The number of aryl methyl sites for hydroxylation is 1. The van der Waals surface area contributed by atoms with Gasteiger partial charge in [-0.3, -0.25) is 14.2 Å². The first kappa shape index (κ1) is 19.5. The Bertz CT molecular complexity index is 869. The van der Waals surface area contributed by atoms with E-state index in [4.69, 9.17) is 11.6 Å². The highest BCUT2D eigenvalue weighted by Crippen LogP contribution is 2.27. The van der Waals surface area contributed by atoms with Gasteiger partial charge < -0.3 is 5.32 Å². The Morgan fingerprint density at radius 2 is 2.16 bits per heavy atom. The van der Waals surface area contributed by atoms with E-state index < -0.39 is 10.0 Å². The molecule has 0 saturated carbocycles. The predicted octanol–water partition coefficient (Wildman–Crippen LogP) is 1.68. The first-order valence-electron chi connectivity index (χ1n) is 7.22. The Kier molecular flexibility index (Phi) is 6.31. The molecule has 11 heteroatoms. The quantitative estimate of drug-likeness (QED) is 0.538. The van der Waals surface area contributed by atoms with Gasteiger partial charge in [-0.2, -0.15) is 0 Å². The number of nitrogens with one attached hydrogen (secondary N) is 2. The zero-order chi connectivity index (χ0) is 18.6. The highest BCUT2D eigenvalue weighted by molar-refractivity contribution is 7.99. The van der Waals surface area contributed by atoms with Gasteiger partial charge in [-0.15, -0.1) is 5.10 Å². The molecule has 0 aliphatic carbocycles. The standard InChI is InChI=1S/C14H18ClN5O3S2/c1-9-17-14(19-18-9)24-7-6-16-13(21)10-4-5-11(15)12(8-10)20(2)25(3,22)23/h4-5,8H,6-7H2,1-3H3,(H,16,21)(H,17,18,19). The third-order valence-electron chi connectivity index (χ3n) is 3.24. The molecule has 0 spiro atoms. The summed E-state index contributed by atoms with van der Waals surface area (Å²) in [5, 5.41) is 10.4. The number of amides is 1. The zero-order valence-electron chi connectivity index (χ0n) is 13.9. The van der Waals surface area contributed by atoms with E-state index >= 15 is 0 Å². The van der Waals surface area contributed by atoms with E-state index in [0.29, 0.717) is 23.0 Å². The highest BCUT2D eigenvalue weighted by Gasteiger charge is 2.17. The SMILES string of the molecule is Cc1nc(SCCNC(=O)c2ccc(Cl)c(N(C)S(C)(=O)=O)c2)n[nH]1. The Morgan fingerprint density at radius 3 is 2.76 bits per heavy atom. The van der Waals surface area contributed by atoms with Gasteiger partial charge in [0.15, 0.2) is 0 Å². The van der Waals surface area contributed by atoms with Crippen molar-refractivity contribution in [3.05, 3.63) is 34.6 Å². The molecule has 2 aromatic rings. The Balaban J connectivity index is 1.97. The fourth-order valence-electron chi connectivity index (χ4n) is 1.87. The Hall–Kier alpha value is -1.78. The number of nitrogens with zero attached hydrogens (tertiary/aromatic N) is 3. The summed E-state index contributed by atoms with van der Waals surface area (Å²) < 4.78 is 24.4. The van der Waals surface area contributed by atoms with Gasteiger partial charge in [0.1, 0.15) is 5.82 Å². The number of hydrogen-bond acceptors (Lipinski definition) is 6. The van der Waals surface area contributed by atoms with Crippen LogP contribution in [0.15, 0.2) is 23.4 Å². The van der Waals surface area contributed by atoms with Crippen molar-refractivity contribution >= 4 is 45.0 Å². The van der Waals surface area contributed by atoms with Crippen molar-refractivity contribution in [3.8, 4) is 0 Å². The first-order valence-corrected chi connectivity index (χ1v) is 10.4. The predicted molar refractivity (Wildman–Crippen MR) is 98.9 cm³/mol.